The third kappa shape index (κ3) is 4.78. The molecule has 3 aromatic heterocycles. The third-order valence-electron chi connectivity index (χ3n) is 6.12. The van der Waals surface area contributed by atoms with Gasteiger partial charge in [-0.2, -0.15) is 5.10 Å². The van der Waals surface area contributed by atoms with Crippen molar-refractivity contribution in [1.82, 2.24) is 24.1 Å². The Morgan fingerprint density at radius 3 is 2.54 bits per heavy atom. The maximum absolute atomic E-state index is 13.7. The fourth-order valence-electron chi connectivity index (χ4n) is 4.35. The standard InChI is InChI=1S/C27H27N5O5/c1-30-12-11-19(28-30)15-31-23(17-37-16-18-7-6-8-20(13-18)35-2)26-21(14-25(31)33)29-32(27(26)34)22-9-4-5-10-24(22)36-3/h4-14,29H,15-17H2,1-3H3. The van der Waals surface area contributed by atoms with E-state index in [0.717, 1.165) is 11.3 Å². The molecule has 2 aromatic carbocycles. The number of nitrogens with zero attached hydrogens (tertiary/aromatic N) is 4. The van der Waals surface area contributed by atoms with Crippen molar-refractivity contribution >= 4 is 10.9 Å². The average molecular weight is 502 g/mol. The third-order valence-corrected chi connectivity index (χ3v) is 6.12. The first-order valence-electron chi connectivity index (χ1n) is 11.7. The average Bonchev–Trinajstić information content (AvgIpc) is 3.47. The lowest BCUT2D eigenvalue weighted by molar-refractivity contribution is 0.102. The van der Waals surface area contributed by atoms with Crippen LogP contribution in [-0.4, -0.2) is 38.3 Å². The van der Waals surface area contributed by atoms with Crippen LogP contribution in [0.5, 0.6) is 11.5 Å². The molecule has 0 spiro atoms. The molecule has 190 valence electrons. The number of ether oxygens (including phenoxy) is 3. The van der Waals surface area contributed by atoms with Gasteiger partial charge in [0, 0.05) is 19.3 Å². The number of rotatable bonds is 9. The van der Waals surface area contributed by atoms with Crippen LogP contribution in [0.15, 0.2) is 76.4 Å². The van der Waals surface area contributed by atoms with E-state index in [1.807, 2.05) is 55.7 Å². The highest BCUT2D eigenvalue weighted by Gasteiger charge is 2.20. The van der Waals surface area contributed by atoms with E-state index in [0.29, 0.717) is 33.7 Å². The Bertz CT molecular complexity index is 1680. The van der Waals surface area contributed by atoms with Crippen molar-refractivity contribution in [1.29, 1.82) is 0 Å². The molecular weight excluding hydrogens is 474 g/mol. The van der Waals surface area contributed by atoms with Gasteiger partial charge in [-0.25, -0.2) is 4.68 Å². The molecule has 0 fully saturated rings. The predicted molar refractivity (Wildman–Crippen MR) is 139 cm³/mol. The summed E-state index contributed by atoms with van der Waals surface area (Å²) in [4.78, 5) is 27.0. The highest BCUT2D eigenvalue weighted by atomic mass is 16.5. The first kappa shape index (κ1) is 24.1. The van der Waals surface area contributed by atoms with E-state index in [1.54, 1.807) is 31.0 Å². The maximum atomic E-state index is 13.7. The van der Waals surface area contributed by atoms with Crippen LogP contribution in [0.4, 0.5) is 0 Å². The number of hydrogen-bond donors (Lipinski definition) is 1. The SMILES string of the molecule is COc1cccc(COCc2c3c(=O)n(-c4ccccc4OC)[nH]c3cc(=O)n2Cc2ccn(C)n2)c1. The van der Waals surface area contributed by atoms with E-state index >= 15 is 0 Å². The summed E-state index contributed by atoms with van der Waals surface area (Å²) in [7, 11) is 4.96. The minimum absolute atomic E-state index is 0.0373. The number of methoxy groups -OCH3 is 2. The van der Waals surface area contributed by atoms with Crippen LogP contribution in [0.25, 0.3) is 16.6 Å². The molecule has 0 saturated carbocycles. The largest absolute Gasteiger partial charge is 0.497 e. The summed E-state index contributed by atoms with van der Waals surface area (Å²) in [6, 6.07) is 18.0. The van der Waals surface area contributed by atoms with Crippen molar-refractivity contribution < 1.29 is 14.2 Å². The smallest absolute Gasteiger partial charge is 0.281 e. The fourth-order valence-corrected chi connectivity index (χ4v) is 4.35. The molecule has 0 radical (unpaired) electrons. The lowest BCUT2D eigenvalue weighted by atomic mass is 10.2. The van der Waals surface area contributed by atoms with Gasteiger partial charge in [0.05, 0.1) is 56.3 Å². The minimum Gasteiger partial charge on any atom is -0.497 e. The molecule has 10 heteroatoms. The number of aromatic nitrogens is 5. The van der Waals surface area contributed by atoms with Crippen molar-refractivity contribution in [2.45, 2.75) is 19.8 Å². The lowest BCUT2D eigenvalue weighted by Gasteiger charge is -2.13. The van der Waals surface area contributed by atoms with Crippen molar-refractivity contribution in [3.8, 4) is 17.2 Å². The molecule has 0 atom stereocenters. The van der Waals surface area contributed by atoms with Gasteiger partial charge in [0.1, 0.15) is 17.2 Å². The molecule has 0 bridgehead atoms. The molecule has 37 heavy (non-hydrogen) atoms. The maximum Gasteiger partial charge on any atom is 0.281 e. The predicted octanol–water partition coefficient (Wildman–Crippen LogP) is 3.00. The van der Waals surface area contributed by atoms with Gasteiger partial charge in [-0.15, -0.1) is 0 Å². The topological polar surface area (TPSA) is 105 Å². The number of aromatic amines is 1. The van der Waals surface area contributed by atoms with Gasteiger partial charge in [0.15, 0.2) is 0 Å². The molecular formula is C27H27N5O5. The van der Waals surface area contributed by atoms with Gasteiger partial charge < -0.3 is 18.8 Å². The molecule has 5 rings (SSSR count). The van der Waals surface area contributed by atoms with Crippen molar-refractivity contribution in [2.24, 2.45) is 7.05 Å². The summed E-state index contributed by atoms with van der Waals surface area (Å²) < 4.78 is 21.4. The molecule has 0 aliphatic heterocycles. The van der Waals surface area contributed by atoms with Gasteiger partial charge in [0.2, 0.25) is 0 Å². The highest BCUT2D eigenvalue weighted by molar-refractivity contribution is 5.81. The molecule has 0 saturated heterocycles. The number of para-hydroxylation sites is 2. The molecule has 0 aliphatic rings. The number of nitrogens with one attached hydrogen (secondary N) is 1. The second kappa shape index (κ2) is 10.2. The van der Waals surface area contributed by atoms with Crippen LogP contribution in [0, 0.1) is 0 Å². The first-order valence-corrected chi connectivity index (χ1v) is 11.7. The summed E-state index contributed by atoms with van der Waals surface area (Å²) >= 11 is 0. The second-order valence-electron chi connectivity index (χ2n) is 8.55. The van der Waals surface area contributed by atoms with Crippen LogP contribution in [0.1, 0.15) is 17.0 Å². The van der Waals surface area contributed by atoms with Gasteiger partial charge in [-0.05, 0) is 35.9 Å². The highest BCUT2D eigenvalue weighted by Crippen LogP contribution is 2.23. The van der Waals surface area contributed by atoms with E-state index < -0.39 is 0 Å². The Labute approximate surface area is 212 Å². The van der Waals surface area contributed by atoms with Crippen LogP contribution >= 0.6 is 0 Å². The summed E-state index contributed by atoms with van der Waals surface area (Å²) in [5.41, 5.74) is 2.44. The van der Waals surface area contributed by atoms with E-state index in [2.05, 4.69) is 10.2 Å². The van der Waals surface area contributed by atoms with Crippen LogP contribution in [0.3, 0.4) is 0 Å². The fraction of sp³-hybridized carbons (Fsp3) is 0.222. The van der Waals surface area contributed by atoms with E-state index in [4.69, 9.17) is 14.2 Å². The van der Waals surface area contributed by atoms with Crippen molar-refractivity contribution in [3.63, 3.8) is 0 Å². The summed E-state index contributed by atoms with van der Waals surface area (Å²) in [5, 5.41) is 7.85. The van der Waals surface area contributed by atoms with Crippen LogP contribution in [0.2, 0.25) is 0 Å². The van der Waals surface area contributed by atoms with Crippen LogP contribution in [-0.2, 0) is 31.5 Å². The zero-order chi connectivity index (χ0) is 25.9. The molecule has 0 unspecified atom stereocenters. The molecule has 5 aromatic rings. The Balaban J connectivity index is 1.60. The van der Waals surface area contributed by atoms with Gasteiger partial charge in [-0.1, -0.05) is 24.3 Å². The quantitative estimate of drug-likeness (QED) is 0.333. The van der Waals surface area contributed by atoms with Gasteiger partial charge in [-0.3, -0.25) is 19.4 Å². The number of H-pyrrole nitrogens is 1. The summed E-state index contributed by atoms with van der Waals surface area (Å²) in [6.45, 7) is 0.513. The zero-order valence-corrected chi connectivity index (χ0v) is 20.8. The van der Waals surface area contributed by atoms with E-state index in [1.165, 1.54) is 15.3 Å². The number of hydrogen-bond acceptors (Lipinski definition) is 6. The monoisotopic (exact) mass is 501 g/mol. The van der Waals surface area contributed by atoms with Crippen molar-refractivity contribution in [2.75, 3.05) is 14.2 Å². The van der Waals surface area contributed by atoms with Gasteiger partial charge >= 0.3 is 0 Å². The second-order valence-corrected chi connectivity index (χ2v) is 8.55. The molecule has 3 heterocycles. The molecule has 0 aliphatic carbocycles. The van der Waals surface area contributed by atoms with Crippen LogP contribution < -0.4 is 20.6 Å². The zero-order valence-electron chi connectivity index (χ0n) is 20.8. The molecule has 0 amide bonds. The Kier molecular flexibility index (Phi) is 6.65. The lowest BCUT2D eigenvalue weighted by Crippen LogP contribution is -2.26. The number of fused-ring (bicyclic) bond motifs is 1. The van der Waals surface area contributed by atoms with E-state index in [9.17, 15) is 9.59 Å². The van der Waals surface area contributed by atoms with Gasteiger partial charge in [0.25, 0.3) is 11.1 Å². The Morgan fingerprint density at radius 1 is 0.946 bits per heavy atom. The molecule has 1 N–H and O–H groups in total. The minimum atomic E-state index is -0.311. The number of aryl methyl sites for hydroxylation is 1. The van der Waals surface area contributed by atoms with Crippen molar-refractivity contribution in [3.05, 3.63) is 105 Å². The van der Waals surface area contributed by atoms with E-state index in [-0.39, 0.29) is 30.9 Å². The Morgan fingerprint density at radius 2 is 1.78 bits per heavy atom. The normalized spacial score (nSPS) is 11.2. The Hall–Kier alpha value is -4.57. The number of benzene rings is 2. The molecule has 10 nitrogen and oxygen atoms in total. The first-order chi connectivity index (χ1) is 18.0. The summed E-state index contributed by atoms with van der Waals surface area (Å²) in [5.74, 6) is 1.25. The summed E-state index contributed by atoms with van der Waals surface area (Å²) in [6.07, 6.45) is 1.81. The number of pyridine rings is 1.